The van der Waals surface area contributed by atoms with E-state index in [9.17, 15) is 19.2 Å². The molecule has 3 amide bonds. The maximum atomic E-state index is 12.4. The fourth-order valence-corrected chi connectivity index (χ4v) is 2.54. The first-order valence-electron chi connectivity index (χ1n) is 10.1. The molecule has 0 aliphatic heterocycles. The van der Waals surface area contributed by atoms with Crippen molar-refractivity contribution in [2.24, 2.45) is 17.2 Å². The fourth-order valence-electron chi connectivity index (χ4n) is 2.54. The minimum absolute atomic E-state index is 0.214. The Morgan fingerprint density at radius 3 is 1.83 bits per heavy atom. The summed E-state index contributed by atoms with van der Waals surface area (Å²) in [6, 6.07) is -4.28. The Labute approximate surface area is 176 Å². The van der Waals surface area contributed by atoms with E-state index in [1.807, 2.05) is 0 Å². The number of amides is 3. The van der Waals surface area contributed by atoms with Gasteiger partial charge in [0.1, 0.15) is 18.1 Å². The number of carboxylic acids is 1. The summed E-state index contributed by atoms with van der Waals surface area (Å²) in [4.78, 5) is 48.0. The van der Waals surface area contributed by atoms with Crippen molar-refractivity contribution in [2.75, 3.05) is 19.7 Å². The van der Waals surface area contributed by atoms with Crippen molar-refractivity contribution in [1.82, 2.24) is 16.0 Å². The molecule has 30 heavy (non-hydrogen) atoms. The first-order valence-corrected chi connectivity index (χ1v) is 10.1. The van der Waals surface area contributed by atoms with Gasteiger partial charge in [-0.15, -0.1) is 0 Å². The lowest BCUT2D eigenvalue weighted by atomic mass is 10.1. The van der Waals surface area contributed by atoms with Gasteiger partial charge in [-0.25, -0.2) is 4.79 Å². The van der Waals surface area contributed by atoms with Gasteiger partial charge in [0, 0.05) is 0 Å². The van der Waals surface area contributed by atoms with E-state index in [-0.39, 0.29) is 6.42 Å². The molecular weight excluding hydrogens is 396 g/mol. The van der Waals surface area contributed by atoms with Crippen LogP contribution in [-0.2, 0) is 19.2 Å². The standard InChI is InChI=1S/C18H36N6O6/c1-11(22-16(27)12(21)6-2-4-8-19)15(26)23-13(7-3-5-9-20)17(28)24-14(10-25)18(29)30/h11-14,25H,2-10,19-21H2,1H3,(H,22,27)(H,23,26)(H,24,28)(H,29,30). The smallest absolute Gasteiger partial charge is 0.328 e. The molecular formula is C18H36N6O6. The lowest BCUT2D eigenvalue weighted by Crippen LogP contribution is -2.56. The molecule has 0 aromatic carbocycles. The third kappa shape index (κ3) is 11.0. The largest absolute Gasteiger partial charge is 0.480 e. The van der Waals surface area contributed by atoms with E-state index in [1.54, 1.807) is 0 Å². The Morgan fingerprint density at radius 2 is 1.33 bits per heavy atom. The van der Waals surface area contributed by atoms with Crippen molar-refractivity contribution in [1.29, 1.82) is 0 Å². The number of hydrogen-bond acceptors (Lipinski definition) is 8. The van der Waals surface area contributed by atoms with Gasteiger partial charge in [-0.1, -0.05) is 6.42 Å². The fraction of sp³-hybridized carbons (Fsp3) is 0.778. The molecule has 11 N–H and O–H groups in total. The average Bonchev–Trinajstić information content (AvgIpc) is 2.70. The van der Waals surface area contributed by atoms with Crippen molar-refractivity contribution in [2.45, 2.75) is 69.6 Å². The Kier molecular flexibility index (Phi) is 14.4. The van der Waals surface area contributed by atoms with Crippen LogP contribution in [-0.4, -0.2) is 77.8 Å². The molecule has 0 aromatic heterocycles. The normalized spacial score (nSPS) is 14.8. The minimum atomic E-state index is -1.49. The van der Waals surface area contributed by atoms with E-state index in [2.05, 4.69) is 16.0 Å². The predicted octanol–water partition coefficient (Wildman–Crippen LogP) is -2.88. The number of rotatable bonds is 16. The molecule has 174 valence electrons. The van der Waals surface area contributed by atoms with Gasteiger partial charge >= 0.3 is 5.97 Å². The quantitative estimate of drug-likeness (QED) is 0.117. The molecule has 0 heterocycles. The van der Waals surface area contributed by atoms with Gasteiger partial charge in [0.05, 0.1) is 12.6 Å². The van der Waals surface area contributed by atoms with Crippen LogP contribution in [0.4, 0.5) is 0 Å². The molecule has 0 radical (unpaired) electrons. The first-order chi connectivity index (χ1) is 14.2. The van der Waals surface area contributed by atoms with Crippen LogP contribution in [0.1, 0.15) is 45.4 Å². The van der Waals surface area contributed by atoms with E-state index < -0.39 is 54.5 Å². The topological polar surface area (TPSA) is 223 Å². The maximum Gasteiger partial charge on any atom is 0.328 e. The number of aliphatic carboxylic acids is 1. The number of nitrogens with two attached hydrogens (primary N) is 3. The van der Waals surface area contributed by atoms with Crippen LogP contribution in [0.3, 0.4) is 0 Å². The summed E-state index contributed by atoms with van der Waals surface area (Å²) in [5.74, 6) is -3.27. The Morgan fingerprint density at radius 1 is 0.800 bits per heavy atom. The van der Waals surface area contributed by atoms with Crippen molar-refractivity contribution in [3.63, 3.8) is 0 Å². The predicted molar refractivity (Wildman–Crippen MR) is 110 cm³/mol. The second-order valence-electron chi connectivity index (χ2n) is 7.05. The van der Waals surface area contributed by atoms with Gasteiger partial charge < -0.3 is 43.4 Å². The molecule has 0 aromatic rings. The number of unbranched alkanes of at least 4 members (excludes halogenated alkanes) is 2. The molecule has 4 atom stereocenters. The zero-order chi connectivity index (χ0) is 23.1. The summed E-state index contributed by atoms with van der Waals surface area (Å²) in [7, 11) is 0. The molecule has 0 spiro atoms. The van der Waals surface area contributed by atoms with Gasteiger partial charge in [0.15, 0.2) is 0 Å². The number of carbonyl (C=O) groups is 4. The van der Waals surface area contributed by atoms with Crippen molar-refractivity contribution in [3.8, 4) is 0 Å². The zero-order valence-corrected chi connectivity index (χ0v) is 17.4. The highest BCUT2D eigenvalue weighted by Crippen LogP contribution is 2.03. The molecule has 12 nitrogen and oxygen atoms in total. The summed E-state index contributed by atoms with van der Waals surface area (Å²) >= 11 is 0. The van der Waals surface area contributed by atoms with Crippen LogP contribution < -0.4 is 33.2 Å². The SMILES string of the molecule is CC(NC(=O)C(N)CCCCN)C(=O)NC(CCCCN)C(=O)NC(CO)C(=O)O. The molecule has 0 aliphatic rings. The zero-order valence-electron chi connectivity index (χ0n) is 17.4. The molecule has 0 bridgehead atoms. The van der Waals surface area contributed by atoms with Gasteiger partial charge in [0.2, 0.25) is 17.7 Å². The van der Waals surface area contributed by atoms with Crippen LogP contribution >= 0.6 is 0 Å². The van der Waals surface area contributed by atoms with Crippen LogP contribution in [0.5, 0.6) is 0 Å². The van der Waals surface area contributed by atoms with E-state index in [4.69, 9.17) is 27.4 Å². The number of carboxylic acid groups (broad SMARTS) is 1. The molecule has 0 saturated carbocycles. The molecule has 4 unspecified atom stereocenters. The second kappa shape index (κ2) is 15.5. The van der Waals surface area contributed by atoms with Gasteiger partial charge in [0.25, 0.3) is 0 Å². The average molecular weight is 433 g/mol. The van der Waals surface area contributed by atoms with E-state index in [1.165, 1.54) is 6.92 Å². The summed E-state index contributed by atoms with van der Waals surface area (Å²) < 4.78 is 0. The van der Waals surface area contributed by atoms with Crippen LogP contribution in [0.15, 0.2) is 0 Å². The van der Waals surface area contributed by atoms with Gasteiger partial charge in [-0.3, -0.25) is 14.4 Å². The number of aliphatic hydroxyl groups is 1. The van der Waals surface area contributed by atoms with Gasteiger partial charge in [-0.05, 0) is 52.1 Å². The lowest BCUT2D eigenvalue weighted by molar-refractivity contribution is -0.143. The molecule has 0 saturated heterocycles. The Hall–Kier alpha value is -2.28. The summed E-state index contributed by atoms with van der Waals surface area (Å²) in [6.07, 6.45) is 3.18. The summed E-state index contributed by atoms with van der Waals surface area (Å²) in [5, 5.41) is 25.2. The molecule has 12 heteroatoms. The second-order valence-corrected chi connectivity index (χ2v) is 7.05. The van der Waals surface area contributed by atoms with Crippen molar-refractivity contribution >= 4 is 23.7 Å². The first kappa shape index (κ1) is 27.7. The van der Waals surface area contributed by atoms with Crippen LogP contribution in [0, 0.1) is 0 Å². The highest BCUT2D eigenvalue weighted by atomic mass is 16.4. The van der Waals surface area contributed by atoms with Crippen molar-refractivity contribution in [3.05, 3.63) is 0 Å². The Bertz CT molecular complexity index is 561. The lowest BCUT2D eigenvalue weighted by Gasteiger charge is -2.23. The van der Waals surface area contributed by atoms with E-state index in [0.29, 0.717) is 38.8 Å². The third-order valence-corrected chi connectivity index (χ3v) is 4.44. The van der Waals surface area contributed by atoms with Gasteiger partial charge in [-0.2, -0.15) is 0 Å². The highest BCUT2D eigenvalue weighted by Gasteiger charge is 2.28. The van der Waals surface area contributed by atoms with Crippen molar-refractivity contribution < 1.29 is 29.4 Å². The molecule has 0 rings (SSSR count). The summed E-state index contributed by atoms with van der Waals surface area (Å²) in [5.41, 5.74) is 16.6. The summed E-state index contributed by atoms with van der Waals surface area (Å²) in [6.45, 7) is 1.55. The maximum absolute atomic E-state index is 12.4. The number of hydrogen-bond donors (Lipinski definition) is 8. The highest BCUT2D eigenvalue weighted by molar-refractivity contribution is 5.93. The van der Waals surface area contributed by atoms with Crippen LogP contribution in [0.2, 0.25) is 0 Å². The molecule has 0 aliphatic carbocycles. The number of carbonyl (C=O) groups excluding carboxylic acids is 3. The monoisotopic (exact) mass is 432 g/mol. The third-order valence-electron chi connectivity index (χ3n) is 4.44. The minimum Gasteiger partial charge on any atom is -0.480 e. The molecule has 0 fully saturated rings. The van der Waals surface area contributed by atoms with Crippen LogP contribution in [0.25, 0.3) is 0 Å². The Balaban J connectivity index is 4.89. The van der Waals surface area contributed by atoms with E-state index in [0.717, 1.165) is 6.42 Å². The van der Waals surface area contributed by atoms with E-state index >= 15 is 0 Å². The number of aliphatic hydroxyl groups excluding tert-OH is 1. The number of nitrogens with one attached hydrogen (secondary N) is 3.